The number of aliphatic carboxylic acids is 1. The molecule has 26 heavy (non-hydrogen) atoms. The fraction of sp³-hybridized carbons (Fsp3) is 0.600. The fourth-order valence-electron chi connectivity index (χ4n) is 2.77. The third kappa shape index (κ3) is 7.75. The van der Waals surface area contributed by atoms with Crippen LogP contribution in [0.15, 0.2) is 24.3 Å². The van der Waals surface area contributed by atoms with Crippen molar-refractivity contribution >= 4 is 24.3 Å². The normalized spacial score (nSPS) is 13.2. The van der Waals surface area contributed by atoms with Crippen LogP contribution in [-0.4, -0.2) is 29.6 Å². The molecule has 1 aromatic carbocycles. The molecule has 6 heteroatoms. The second kappa shape index (κ2) is 11.9. The summed E-state index contributed by atoms with van der Waals surface area (Å²) in [5.41, 5.74) is 2.33. The molecule has 2 atom stereocenters. The van der Waals surface area contributed by atoms with Gasteiger partial charge in [0, 0.05) is 0 Å². The number of rotatable bonds is 10. The van der Waals surface area contributed by atoms with E-state index in [1.807, 2.05) is 6.92 Å². The van der Waals surface area contributed by atoms with Crippen LogP contribution in [0.2, 0.25) is 0 Å². The van der Waals surface area contributed by atoms with E-state index in [0.29, 0.717) is 12.3 Å². The van der Waals surface area contributed by atoms with Gasteiger partial charge in [0.15, 0.2) is 0 Å². The summed E-state index contributed by atoms with van der Waals surface area (Å²) in [6.45, 7) is 10.4. The molecule has 0 aromatic heterocycles. The molecular formula is C20H33ClN2O3. The molecular weight excluding hydrogens is 352 g/mol. The molecule has 0 saturated heterocycles. The molecule has 1 amide bonds. The summed E-state index contributed by atoms with van der Waals surface area (Å²) in [6, 6.07) is 7.54. The number of amides is 1. The molecule has 148 valence electrons. The van der Waals surface area contributed by atoms with Crippen LogP contribution in [0.1, 0.15) is 70.5 Å². The van der Waals surface area contributed by atoms with Crippen LogP contribution in [-0.2, 0) is 9.59 Å². The maximum absolute atomic E-state index is 12.3. The monoisotopic (exact) mass is 384 g/mol. The van der Waals surface area contributed by atoms with Crippen molar-refractivity contribution in [2.45, 2.75) is 65.5 Å². The van der Waals surface area contributed by atoms with Crippen LogP contribution in [0.3, 0.4) is 0 Å². The highest BCUT2D eigenvalue weighted by Gasteiger charge is 2.21. The van der Waals surface area contributed by atoms with E-state index in [0.717, 1.165) is 12.0 Å². The average Bonchev–Trinajstić information content (AvgIpc) is 2.56. The summed E-state index contributed by atoms with van der Waals surface area (Å²) in [5.74, 6) is -0.398. The van der Waals surface area contributed by atoms with Gasteiger partial charge in [0.1, 0.15) is 6.04 Å². The topological polar surface area (TPSA) is 78.4 Å². The molecule has 0 radical (unpaired) electrons. The van der Waals surface area contributed by atoms with E-state index in [9.17, 15) is 9.59 Å². The van der Waals surface area contributed by atoms with Crippen LogP contribution in [0.5, 0.6) is 0 Å². The third-order valence-electron chi connectivity index (χ3n) is 4.33. The lowest BCUT2D eigenvalue weighted by atomic mass is 9.93. The number of carbonyl (C=O) groups excluding carboxylic acids is 1. The fourth-order valence-corrected chi connectivity index (χ4v) is 2.77. The summed E-state index contributed by atoms with van der Waals surface area (Å²) in [7, 11) is 0. The Morgan fingerprint density at radius 3 is 2.00 bits per heavy atom. The predicted molar refractivity (Wildman–Crippen MR) is 108 cm³/mol. The van der Waals surface area contributed by atoms with Crippen LogP contribution in [0.25, 0.3) is 0 Å². The Bertz CT molecular complexity index is 559. The van der Waals surface area contributed by atoms with E-state index < -0.39 is 12.0 Å². The smallest absolute Gasteiger partial charge is 0.320 e. The number of hydrogen-bond acceptors (Lipinski definition) is 3. The van der Waals surface area contributed by atoms with E-state index in [1.54, 1.807) is 0 Å². The first-order valence-electron chi connectivity index (χ1n) is 9.11. The van der Waals surface area contributed by atoms with Gasteiger partial charge in [-0.15, -0.1) is 12.4 Å². The Morgan fingerprint density at radius 1 is 1.04 bits per heavy atom. The first-order chi connectivity index (χ1) is 11.8. The lowest BCUT2D eigenvalue weighted by molar-refractivity contribution is -0.139. The number of carboxylic acid groups (broad SMARTS) is 1. The largest absolute Gasteiger partial charge is 0.480 e. The first kappa shape index (κ1) is 24.4. The summed E-state index contributed by atoms with van der Waals surface area (Å²) in [6.07, 6.45) is 1.26. The molecule has 0 aliphatic heterocycles. The highest BCUT2D eigenvalue weighted by Crippen LogP contribution is 2.24. The van der Waals surface area contributed by atoms with Crippen LogP contribution < -0.4 is 10.6 Å². The predicted octanol–water partition coefficient (Wildman–Crippen LogP) is 3.89. The number of carbonyl (C=O) groups is 2. The number of hydrogen-bond donors (Lipinski definition) is 3. The molecule has 0 bridgehead atoms. The van der Waals surface area contributed by atoms with Crippen molar-refractivity contribution in [1.82, 2.24) is 10.6 Å². The Labute approximate surface area is 163 Å². The summed E-state index contributed by atoms with van der Waals surface area (Å²) in [5, 5.41) is 15.0. The van der Waals surface area contributed by atoms with Crippen LogP contribution in [0, 0.1) is 5.92 Å². The summed E-state index contributed by atoms with van der Waals surface area (Å²) >= 11 is 0. The number of carboxylic acids is 1. The van der Waals surface area contributed by atoms with E-state index in [4.69, 9.17) is 5.11 Å². The lowest BCUT2D eigenvalue weighted by Gasteiger charge is -2.24. The Balaban J connectivity index is 0.00000625. The van der Waals surface area contributed by atoms with E-state index in [-0.39, 0.29) is 36.8 Å². The second-order valence-corrected chi connectivity index (χ2v) is 7.17. The molecule has 2 unspecified atom stereocenters. The SMILES string of the molecule is CCCC(NCC(=O)NC(c1ccc(C(C)C)cc1)C(C)C)C(=O)O.Cl. The maximum atomic E-state index is 12.3. The number of nitrogens with one attached hydrogen (secondary N) is 2. The molecule has 3 N–H and O–H groups in total. The molecule has 1 aromatic rings. The molecule has 1 rings (SSSR count). The van der Waals surface area contributed by atoms with Gasteiger partial charge >= 0.3 is 5.97 Å². The Hall–Kier alpha value is -1.59. The maximum Gasteiger partial charge on any atom is 0.320 e. The minimum absolute atomic E-state index is 0. The van der Waals surface area contributed by atoms with Crippen molar-refractivity contribution in [3.63, 3.8) is 0 Å². The standard InChI is InChI=1S/C20H32N2O3.ClH/c1-6-7-17(20(24)25)21-12-18(23)22-19(14(4)5)16-10-8-15(9-11-16)13(2)3;/h8-11,13-14,17,19,21H,6-7,12H2,1-5H3,(H,22,23)(H,24,25);1H. The van der Waals surface area contributed by atoms with Crippen molar-refractivity contribution < 1.29 is 14.7 Å². The quantitative estimate of drug-likeness (QED) is 0.571. The van der Waals surface area contributed by atoms with Gasteiger partial charge in [0.05, 0.1) is 12.6 Å². The van der Waals surface area contributed by atoms with Gasteiger partial charge in [-0.2, -0.15) is 0 Å². The lowest BCUT2D eigenvalue weighted by Crippen LogP contribution is -2.44. The van der Waals surface area contributed by atoms with Crippen LogP contribution >= 0.6 is 12.4 Å². The average molecular weight is 385 g/mol. The van der Waals surface area contributed by atoms with Gasteiger partial charge in [-0.25, -0.2) is 0 Å². The van der Waals surface area contributed by atoms with Crippen LogP contribution in [0.4, 0.5) is 0 Å². The van der Waals surface area contributed by atoms with Crippen molar-refractivity contribution in [2.24, 2.45) is 5.92 Å². The Kier molecular flexibility index (Phi) is 11.2. The number of benzene rings is 1. The van der Waals surface area contributed by atoms with Gasteiger partial charge < -0.3 is 10.4 Å². The summed E-state index contributed by atoms with van der Waals surface area (Å²) in [4.78, 5) is 23.4. The van der Waals surface area contributed by atoms with E-state index >= 15 is 0 Å². The van der Waals surface area contributed by atoms with Gasteiger partial charge in [0.2, 0.25) is 5.91 Å². The van der Waals surface area contributed by atoms with E-state index in [2.05, 4.69) is 62.6 Å². The van der Waals surface area contributed by atoms with Gasteiger partial charge in [-0.1, -0.05) is 65.3 Å². The van der Waals surface area contributed by atoms with Crippen molar-refractivity contribution in [3.8, 4) is 0 Å². The molecule has 0 saturated carbocycles. The molecule has 0 spiro atoms. The zero-order chi connectivity index (χ0) is 19.0. The van der Waals surface area contributed by atoms with E-state index in [1.165, 1.54) is 5.56 Å². The van der Waals surface area contributed by atoms with Crippen molar-refractivity contribution in [2.75, 3.05) is 6.54 Å². The second-order valence-electron chi connectivity index (χ2n) is 7.17. The summed E-state index contributed by atoms with van der Waals surface area (Å²) < 4.78 is 0. The van der Waals surface area contributed by atoms with Crippen molar-refractivity contribution in [1.29, 1.82) is 0 Å². The Morgan fingerprint density at radius 2 is 1.58 bits per heavy atom. The minimum Gasteiger partial charge on any atom is -0.480 e. The van der Waals surface area contributed by atoms with Gasteiger partial charge in [0.25, 0.3) is 0 Å². The molecule has 0 aliphatic carbocycles. The zero-order valence-electron chi connectivity index (χ0n) is 16.4. The molecule has 0 aliphatic rings. The first-order valence-corrected chi connectivity index (χ1v) is 9.11. The third-order valence-corrected chi connectivity index (χ3v) is 4.33. The molecule has 0 heterocycles. The zero-order valence-corrected chi connectivity index (χ0v) is 17.2. The molecule has 0 fully saturated rings. The molecule has 5 nitrogen and oxygen atoms in total. The highest BCUT2D eigenvalue weighted by atomic mass is 35.5. The highest BCUT2D eigenvalue weighted by molar-refractivity contribution is 5.85. The van der Waals surface area contributed by atoms with Crippen molar-refractivity contribution in [3.05, 3.63) is 35.4 Å². The minimum atomic E-state index is -0.917. The number of halogens is 1. The van der Waals surface area contributed by atoms with Gasteiger partial charge in [-0.3, -0.25) is 14.9 Å². The van der Waals surface area contributed by atoms with Gasteiger partial charge in [-0.05, 0) is 29.4 Å².